The number of aliphatic hydroxyl groups excluding tert-OH is 1. The maximum Gasteiger partial charge on any atom is 0.315 e. The van der Waals surface area contributed by atoms with Crippen LogP contribution >= 0.6 is 0 Å². The SMILES string of the molecule is CC(CCCO)NC(=O)NC(C)c1ccc(-c2ccncc2)cc1. The van der Waals surface area contributed by atoms with E-state index in [9.17, 15) is 4.79 Å². The van der Waals surface area contributed by atoms with Gasteiger partial charge in [-0.05, 0) is 55.5 Å². The number of nitrogens with zero attached hydrogens (tertiary/aromatic N) is 1. The lowest BCUT2D eigenvalue weighted by molar-refractivity contribution is 0.231. The van der Waals surface area contributed by atoms with E-state index in [1.807, 2.05) is 50.2 Å². The van der Waals surface area contributed by atoms with Gasteiger partial charge < -0.3 is 15.7 Å². The van der Waals surface area contributed by atoms with Gasteiger partial charge >= 0.3 is 6.03 Å². The molecule has 2 rings (SSSR count). The summed E-state index contributed by atoms with van der Waals surface area (Å²) in [7, 11) is 0. The molecule has 0 fully saturated rings. The normalized spacial score (nSPS) is 13.1. The number of carbonyl (C=O) groups is 1. The summed E-state index contributed by atoms with van der Waals surface area (Å²) in [4.78, 5) is 16.0. The van der Waals surface area contributed by atoms with Crippen LogP contribution in [0.1, 0.15) is 38.3 Å². The fourth-order valence-corrected chi connectivity index (χ4v) is 2.52. The van der Waals surface area contributed by atoms with Crippen LogP contribution in [0.2, 0.25) is 0 Å². The van der Waals surface area contributed by atoms with E-state index in [2.05, 4.69) is 15.6 Å². The predicted molar refractivity (Wildman–Crippen MR) is 95.5 cm³/mol. The Morgan fingerprint density at radius 1 is 1.04 bits per heavy atom. The molecule has 5 nitrogen and oxygen atoms in total. The van der Waals surface area contributed by atoms with E-state index in [-0.39, 0.29) is 24.7 Å². The molecule has 2 amide bonds. The number of rotatable bonds is 7. The van der Waals surface area contributed by atoms with E-state index in [1.54, 1.807) is 12.4 Å². The average molecular weight is 327 g/mol. The summed E-state index contributed by atoms with van der Waals surface area (Å²) in [6, 6.07) is 11.8. The van der Waals surface area contributed by atoms with Crippen molar-refractivity contribution in [1.82, 2.24) is 15.6 Å². The van der Waals surface area contributed by atoms with Gasteiger partial charge in [-0.15, -0.1) is 0 Å². The Balaban J connectivity index is 1.90. The second-order valence-electron chi connectivity index (χ2n) is 5.96. The summed E-state index contributed by atoms with van der Waals surface area (Å²) < 4.78 is 0. The summed E-state index contributed by atoms with van der Waals surface area (Å²) in [5, 5.41) is 14.6. The van der Waals surface area contributed by atoms with Crippen molar-refractivity contribution in [2.45, 2.75) is 38.8 Å². The first-order valence-corrected chi connectivity index (χ1v) is 8.28. The van der Waals surface area contributed by atoms with E-state index in [0.29, 0.717) is 6.42 Å². The van der Waals surface area contributed by atoms with Crippen molar-refractivity contribution in [1.29, 1.82) is 0 Å². The Morgan fingerprint density at radius 3 is 2.29 bits per heavy atom. The number of benzene rings is 1. The molecule has 0 aliphatic heterocycles. The zero-order valence-electron chi connectivity index (χ0n) is 14.2. The van der Waals surface area contributed by atoms with Crippen molar-refractivity contribution in [3.63, 3.8) is 0 Å². The van der Waals surface area contributed by atoms with Crippen LogP contribution in [-0.2, 0) is 0 Å². The molecule has 5 heteroatoms. The van der Waals surface area contributed by atoms with Crippen molar-refractivity contribution in [3.8, 4) is 11.1 Å². The standard InChI is InChI=1S/C19H25N3O2/c1-14(4-3-13-23)21-19(24)22-15(2)16-5-7-17(8-6-16)18-9-11-20-12-10-18/h5-12,14-15,23H,3-4,13H2,1-2H3,(H2,21,22,24). The highest BCUT2D eigenvalue weighted by Crippen LogP contribution is 2.21. The fraction of sp³-hybridized carbons (Fsp3) is 0.368. The lowest BCUT2D eigenvalue weighted by atomic mass is 10.0. The van der Waals surface area contributed by atoms with Gasteiger partial charge in [-0.25, -0.2) is 4.79 Å². The van der Waals surface area contributed by atoms with Crippen LogP contribution in [-0.4, -0.2) is 28.8 Å². The molecular weight excluding hydrogens is 302 g/mol. The predicted octanol–water partition coefficient (Wildman–Crippen LogP) is 3.27. The first-order valence-electron chi connectivity index (χ1n) is 8.28. The van der Waals surface area contributed by atoms with Crippen molar-refractivity contribution < 1.29 is 9.90 Å². The highest BCUT2D eigenvalue weighted by atomic mass is 16.3. The number of aliphatic hydroxyl groups is 1. The van der Waals surface area contributed by atoms with Gasteiger partial charge in [0.15, 0.2) is 0 Å². The third-order valence-electron chi connectivity index (χ3n) is 3.94. The molecule has 1 aromatic carbocycles. The molecule has 2 atom stereocenters. The molecule has 2 unspecified atom stereocenters. The molecule has 2 aromatic rings. The monoisotopic (exact) mass is 327 g/mol. The summed E-state index contributed by atoms with van der Waals surface area (Å²) in [5.41, 5.74) is 3.29. The van der Waals surface area contributed by atoms with E-state index >= 15 is 0 Å². The Hall–Kier alpha value is -2.40. The van der Waals surface area contributed by atoms with Gasteiger partial charge in [0.05, 0.1) is 6.04 Å². The summed E-state index contributed by atoms with van der Waals surface area (Å²) in [5.74, 6) is 0. The second-order valence-corrected chi connectivity index (χ2v) is 5.96. The summed E-state index contributed by atoms with van der Waals surface area (Å²) in [6.07, 6.45) is 5.00. The number of urea groups is 1. The van der Waals surface area contributed by atoms with Gasteiger partial charge in [0.1, 0.15) is 0 Å². The number of amides is 2. The van der Waals surface area contributed by atoms with Crippen LogP contribution < -0.4 is 10.6 Å². The van der Waals surface area contributed by atoms with Gasteiger partial charge in [-0.2, -0.15) is 0 Å². The minimum atomic E-state index is -0.189. The molecule has 24 heavy (non-hydrogen) atoms. The number of pyridine rings is 1. The Bertz CT molecular complexity index is 629. The first kappa shape index (κ1) is 17.9. The van der Waals surface area contributed by atoms with Gasteiger partial charge in [0, 0.05) is 25.0 Å². The van der Waals surface area contributed by atoms with Crippen LogP contribution in [0, 0.1) is 0 Å². The van der Waals surface area contributed by atoms with Crippen LogP contribution in [0.4, 0.5) is 4.79 Å². The number of aromatic nitrogens is 1. The van der Waals surface area contributed by atoms with E-state index in [4.69, 9.17) is 5.11 Å². The van der Waals surface area contributed by atoms with E-state index in [1.165, 1.54) is 0 Å². The highest BCUT2D eigenvalue weighted by molar-refractivity contribution is 5.74. The second kappa shape index (κ2) is 9.03. The molecule has 128 valence electrons. The third-order valence-corrected chi connectivity index (χ3v) is 3.94. The fourth-order valence-electron chi connectivity index (χ4n) is 2.52. The molecule has 0 saturated heterocycles. The van der Waals surface area contributed by atoms with Gasteiger partial charge in [-0.1, -0.05) is 24.3 Å². The molecule has 0 radical (unpaired) electrons. The number of carbonyl (C=O) groups excluding carboxylic acids is 1. The lowest BCUT2D eigenvalue weighted by Gasteiger charge is -2.18. The molecule has 3 N–H and O–H groups in total. The maximum absolute atomic E-state index is 12.0. The van der Waals surface area contributed by atoms with Crippen LogP contribution in [0.15, 0.2) is 48.8 Å². The Kier molecular flexibility index (Phi) is 6.75. The van der Waals surface area contributed by atoms with E-state index < -0.39 is 0 Å². The topological polar surface area (TPSA) is 74.2 Å². The molecular formula is C19H25N3O2. The molecule has 0 aliphatic carbocycles. The van der Waals surface area contributed by atoms with Gasteiger partial charge in [0.25, 0.3) is 0 Å². The molecule has 0 spiro atoms. The minimum absolute atomic E-state index is 0.0402. The average Bonchev–Trinajstić information content (AvgIpc) is 2.60. The summed E-state index contributed by atoms with van der Waals surface area (Å²) >= 11 is 0. The zero-order valence-corrected chi connectivity index (χ0v) is 14.2. The molecule has 1 heterocycles. The molecule has 0 bridgehead atoms. The molecule has 1 aromatic heterocycles. The van der Waals surface area contributed by atoms with Crippen LogP contribution in [0.3, 0.4) is 0 Å². The Labute approximate surface area is 143 Å². The summed E-state index contributed by atoms with van der Waals surface area (Å²) in [6.45, 7) is 4.04. The Morgan fingerprint density at radius 2 is 1.67 bits per heavy atom. The minimum Gasteiger partial charge on any atom is -0.396 e. The quantitative estimate of drug-likeness (QED) is 0.730. The third kappa shape index (κ3) is 5.35. The van der Waals surface area contributed by atoms with Crippen molar-refractivity contribution in [2.75, 3.05) is 6.61 Å². The van der Waals surface area contributed by atoms with E-state index in [0.717, 1.165) is 23.1 Å². The van der Waals surface area contributed by atoms with Gasteiger partial charge in [0.2, 0.25) is 0 Å². The van der Waals surface area contributed by atoms with Gasteiger partial charge in [-0.3, -0.25) is 4.98 Å². The smallest absolute Gasteiger partial charge is 0.315 e. The van der Waals surface area contributed by atoms with Crippen LogP contribution in [0.25, 0.3) is 11.1 Å². The maximum atomic E-state index is 12.0. The van der Waals surface area contributed by atoms with Crippen molar-refractivity contribution in [2.24, 2.45) is 0 Å². The zero-order chi connectivity index (χ0) is 17.4. The number of hydrogen-bond donors (Lipinski definition) is 3. The largest absolute Gasteiger partial charge is 0.396 e. The number of hydrogen-bond acceptors (Lipinski definition) is 3. The highest BCUT2D eigenvalue weighted by Gasteiger charge is 2.11. The molecule has 0 aliphatic rings. The first-order chi connectivity index (χ1) is 11.6. The van der Waals surface area contributed by atoms with Crippen molar-refractivity contribution in [3.05, 3.63) is 54.4 Å². The lowest BCUT2D eigenvalue weighted by Crippen LogP contribution is -2.41. The number of nitrogens with one attached hydrogen (secondary N) is 2. The van der Waals surface area contributed by atoms with Crippen LogP contribution in [0.5, 0.6) is 0 Å². The van der Waals surface area contributed by atoms with Crippen molar-refractivity contribution >= 4 is 6.03 Å². The molecule has 0 saturated carbocycles.